The number of hydrogen-bond acceptors (Lipinski definition) is 7. The summed E-state index contributed by atoms with van der Waals surface area (Å²) in [5.41, 5.74) is 1.64. The van der Waals surface area contributed by atoms with Crippen molar-refractivity contribution in [3.8, 4) is 0 Å². The lowest BCUT2D eigenvalue weighted by atomic mass is 10.1. The predicted molar refractivity (Wildman–Crippen MR) is 108 cm³/mol. The van der Waals surface area contributed by atoms with Gasteiger partial charge in [-0.15, -0.1) is 0 Å². The number of nitrogens with zero attached hydrogens (tertiary/aromatic N) is 1. The first-order valence-corrected chi connectivity index (χ1v) is 9.01. The van der Waals surface area contributed by atoms with Crippen molar-refractivity contribution in [2.45, 2.75) is 13.3 Å². The summed E-state index contributed by atoms with van der Waals surface area (Å²) in [4.78, 5) is 34.9. The molecule has 9 nitrogen and oxygen atoms in total. The summed E-state index contributed by atoms with van der Waals surface area (Å²) in [6.45, 7) is 2.24. The van der Waals surface area contributed by atoms with Gasteiger partial charge >= 0.3 is 5.97 Å². The van der Waals surface area contributed by atoms with E-state index in [-0.39, 0.29) is 16.9 Å². The van der Waals surface area contributed by atoms with Gasteiger partial charge in [0.25, 0.3) is 11.6 Å². The lowest BCUT2D eigenvalue weighted by Crippen LogP contribution is -2.21. The number of carbonyl (C=O) groups excluding carboxylic acids is 2. The Morgan fingerprint density at radius 1 is 1.17 bits per heavy atom. The van der Waals surface area contributed by atoms with Crippen LogP contribution in [0, 0.1) is 10.1 Å². The van der Waals surface area contributed by atoms with E-state index in [0.717, 1.165) is 18.1 Å². The Kier molecular flexibility index (Phi) is 8.11. The van der Waals surface area contributed by atoms with Crippen molar-refractivity contribution in [1.82, 2.24) is 0 Å². The lowest BCUT2D eigenvalue weighted by molar-refractivity contribution is -0.384. The van der Waals surface area contributed by atoms with Crippen LogP contribution in [-0.4, -0.2) is 43.7 Å². The van der Waals surface area contributed by atoms with Crippen molar-refractivity contribution in [1.29, 1.82) is 0 Å². The molecule has 2 rings (SSSR count). The molecule has 2 N–H and O–H groups in total. The van der Waals surface area contributed by atoms with E-state index in [1.807, 2.05) is 25.1 Å². The van der Waals surface area contributed by atoms with Gasteiger partial charge in [0.2, 0.25) is 0 Å². The van der Waals surface area contributed by atoms with Crippen LogP contribution in [0.15, 0.2) is 42.5 Å². The van der Waals surface area contributed by atoms with Crippen LogP contribution in [0.5, 0.6) is 0 Å². The molecule has 0 atom stereocenters. The third-order valence-electron chi connectivity index (χ3n) is 4.01. The van der Waals surface area contributed by atoms with Crippen molar-refractivity contribution >= 4 is 28.9 Å². The van der Waals surface area contributed by atoms with Gasteiger partial charge in [0.15, 0.2) is 6.61 Å². The second kappa shape index (κ2) is 10.8. The fourth-order valence-electron chi connectivity index (χ4n) is 2.53. The zero-order valence-corrected chi connectivity index (χ0v) is 16.3. The molecule has 0 aliphatic rings. The Hall–Kier alpha value is -3.46. The molecule has 2 aromatic rings. The summed E-state index contributed by atoms with van der Waals surface area (Å²) in [6.07, 6.45) is 0.827. The van der Waals surface area contributed by atoms with Crippen LogP contribution >= 0.6 is 0 Å². The largest absolute Gasteiger partial charge is 0.452 e. The Labute approximate surface area is 168 Å². The maximum atomic E-state index is 12.2. The van der Waals surface area contributed by atoms with Crippen molar-refractivity contribution in [2.24, 2.45) is 0 Å². The second-order valence-corrected chi connectivity index (χ2v) is 6.09. The molecule has 0 saturated carbocycles. The maximum Gasteiger partial charge on any atom is 0.338 e. The summed E-state index contributed by atoms with van der Waals surface area (Å²) >= 11 is 0. The number of nitro benzene ring substituents is 1. The number of methoxy groups -OCH3 is 1. The highest BCUT2D eigenvalue weighted by molar-refractivity contribution is 5.96. The highest BCUT2D eigenvalue weighted by Crippen LogP contribution is 2.25. The van der Waals surface area contributed by atoms with Gasteiger partial charge in [0.1, 0.15) is 5.69 Å². The highest BCUT2D eigenvalue weighted by Gasteiger charge is 2.19. The van der Waals surface area contributed by atoms with Gasteiger partial charge in [-0.3, -0.25) is 14.9 Å². The molecule has 0 aliphatic carbocycles. The summed E-state index contributed by atoms with van der Waals surface area (Å²) < 4.78 is 9.87. The topological polar surface area (TPSA) is 120 Å². The fourth-order valence-corrected chi connectivity index (χ4v) is 2.53. The molecule has 29 heavy (non-hydrogen) atoms. The Morgan fingerprint density at radius 2 is 1.97 bits per heavy atom. The molecule has 1 amide bonds. The van der Waals surface area contributed by atoms with Gasteiger partial charge in [-0.25, -0.2) is 4.79 Å². The van der Waals surface area contributed by atoms with E-state index in [2.05, 4.69) is 10.6 Å². The molecule has 0 spiro atoms. The monoisotopic (exact) mass is 401 g/mol. The third kappa shape index (κ3) is 6.58. The smallest absolute Gasteiger partial charge is 0.338 e. The predicted octanol–water partition coefficient (Wildman–Crippen LogP) is 3.01. The van der Waals surface area contributed by atoms with Gasteiger partial charge in [-0.05, 0) is 36.2 Å². The van der Waals surface area contributed by atoms with E-state index >= 15 is 0 Å². The molecule has 0 unspecified atom stereocenters. The van der Waals surface area contributed by atoms with Crippen LogP contribution < -0.4 is 10.6 Å². The normalized spacial score (nSPS) is 10.3. The summed E-state index contributed by atoms with van der Waals surface area (Å²) in [5.74, 6) is -1.33. The van der Waals surface area contributed by atoms with Crippen molar-refractivity contribution < 1.29 is 24.0 Å². The molecule has 0 aromatic heterocycles. The summed E-state index contributed by atoms with van der Waals surface area (Å²) in [6, 6.07) is 11.3. The second-order valence-electron chi connectivity index (χ2n) is 6.09. The average molecular weight is 401 g/mol. The van der Waals surface area contributed by atoms with Crippen molar-refractivity contribution in [2.75, 3.05) is 37.5 Å². The Balaban J connectivity index is 1.97. The minimum Gasteiger partial charge on any atom is -0.452 e. The number of anilines is 2. The number of aryl methyl sites for hydroxylation is 1. The number of nitro groups is 1. The average Bonchev–Trinajstić information content (AvgIpc) is 2.72. The molecule has 0 radical (unpaired) electrons. The summed E-state index contributed by atoms with van der Waals surface area (Å²) in [7, 11) is 1.52. The molecular weight excluding hydrogens is 378 g/mol. The van der Waals surface area contributed by atoms with Crippen molar-refractivity contribution in [3.63, 3.8) is 0 Å². The first-order valence-electron chi connectivity index (χ1n) is 9.01. The van der Waals surface area contributed by atoms with Gasteiger partial charge in [0.05, 0.1) is 17.1 Å². The minimum absolute atomic E-state index is 0.0187. The quantitative estimate of drug-likeness (QED) is 0.272. The van der Waals surface area contributed by atoms with Gasteiger partial charge in [0, 0.05) is 25.4 Å². The first-order chi connectivity index (χ1) is 13.9. The number of hydrogen-bond donors (Lipinski definition) is 2. The van der Waals surface area contributed by atoms with E-state index in [9.17, 15) is 19.7 Å². The Morgan fingerprint density at radius 3 is 2.66 bits per heavy atom. The summed E-state index contributed by atoms with van der Waals surface area (Å²) in [5, 5.41) is 16.8. The van der Waals surface area contributed by atoms with Crippen LogP contribution in [0.1, 0.15) is 22.8 Å². The molecule has 0 fully saturated rings. The SMILES string of the molecule is CCc1cccc(NC(=O)COC(=O)c2ccc(NCCOC)c([N+](=O)[O-])c2)c1. The third-order valence-corrected chi connectivity index (χ3v) is 4.01. The van der Waals surface area contributed by atoms with Crippen molar-refractivity contribution in [3.05, 3.63) is 63.7 Å². The standard InChI is InChI=1S/C20H23N3O6/c1-3-14-5-4-6-16(11-14)22-19(24)13-29-20(25)15-7-8-17(21-9-10-28-2)18(12-15)23(26)27/h4-8,11-12,21H,3,9-10,13H2,1-2H3,(H,22,24). The van der Waals surface area contributed by atoms with Crippen LogP contribution in [0.3, 0.4) is 0 Å². The molecule has 0 saturated heterocycles. The number of carbonyl (C=O) groups is 2. The molecular formula is C20H23N3O6. The molecule has 0 heterocycles. The number of rotatable bonds is 10. The Bertz CT molecular complexity index is 884. The number of esters is 1. The van der Waals surface area contributed by atoms with Gasteiger partial charge in [-0.1, -0.05) is 19.1 Å². The fraction of sp³-hybridized carbons (Fsp3) is 0.300. The molecule has 9 heteroatoms. The van der Waals surface area contributed by atoms with Crippen LogP contribution in [0.4, 0.5) is 17.1 Å². The first kappa shape index (κ1) is 21.8. The minimum atomic E-state index is -0.825. The van der Waals surface area contributed by atoms with Gasteiger partial charge in [-0.2, -0.15) is 0 Å². The number of ether oxygens (including phenoxy) is 2. The van der Waals surface area contributed by atoms with E-state index in [4.69, 9.17) is 9.47 Å². The lowest BCUT2D eigenvalue weighted by Gasteiger charge is -2.09. The van der Waals surface area contributed by atoms with E-state index in [0.29, 0.717) is 18.8 Å². The number of nitrogens with one attached hydrogen (secondary N) is 2. The van der Waals surface area contributed by atoms with E-state index in [1.165, 1.54) is 19.2 Å². The maximum absolute atomic E-state index is 12.2. The van der Waals surface area contributed by atoms with Gasteiger partial charge < -0.3 is 20.1 Å². The van der Waals surface area contributed by atoms with E-state index in [1.54, 1.807) is 6.07 Å². The molecule has 0 bridgehead atoms. The zero-order chi connectivity index (χ0) is 21.2. The van der Waals surface area contributed by atoms with E-state index < -0.39 is 23.4 Å². The number of amides is 1. The van der Waals surface area contributed by atoms with Crippen LogP contribution in [0.25, 0.3) is 0 Å². The highest BCUT2D eigenvalue weighted by atomic mass is 16.6. The molecule has 154 valence electrons. The number of benzene rings is 2. The van der Waals surface area contributed by atoms with Crippen LogP contribution in [0.2, 0.25) is 0 Å². The van der Waals surface area contributed by atoms with Crippen LogP contribution in [-0.2, 0) is 20.7 Å². The molecule has 0 aliphatic heterocycles. The zero-order valence-electron chi connectivity index (χ0n) is 16.3. The molecule has 2 aromatic carbocycles.